The molecule has 0 atom stereocenters. The molecule has 0 radical (unpaired) electrons. The van der Waals surface area contributed by atoms with Crippen molar-refractivity contribution in [2.24, 2.45) is 0 Å². The van der Waals surface area contributed by atoms with Crippen molar-refractivity contribution < 1.29 is 0 Å². The Labute approximate surface area is 232 Å². The Balaban J connectivity index is 1.48. The van der Waals surface area contributed by atoms with Gasteiger partial charge in [0.25, 0.3) is 5.56 Å². The van der Waals surface area contributed by atoms with Crippen LogP contribution in [0.15, 0.2) is 59.7 Å². The number of rotatable bonds is 8. The molecule has 1 aliphatic heterocycles. The van der Waals surface area contributed by atoms with Gasteiger partial charge in [-0.1, -0.05) is 48.3 Å². The maximum absolute atomic E-state index is 13.9. The molecule has 9 nitrogen and oxygen atoms in total. The molecule has 1 saturated heterocycles. The lowest BCUT2D eigenvalue weighted by Crippen LogP contribution is -2.45. The van der Waals surface area contributed by atoms with Crippen LogP contribution in [0.25, 0.3) is 16.5 Å². The van der Waals surface area contributed by atoms with Gasteiger partial charge in [-0.25, -0.2) is 14.3 Å². The first-order valence-electron chi connectivity index (χ1n) is 13.0. The molecule has 4 aromatic rings. The molecule has 0 amide bonds. The number of nitrogen functional groups attached to an aromatic ring is 1. The van der Waals surface area contributed by atoms with Gasteiger partial charge in [0.05, 0.1) is 28.9 Å². The van der Waals surface area contributed by atoms with Gasteiger partial charge < -0.3 is 16.5 Å². The van der Waals surface area contributed by atoms with Crippen molar-refractivity contribution in [2.75, 3.05) is 50.0 Å². The van der Waals surface area contributed by atoms with E-state index in [9.17, 15) is 4.79 Å². The average Bonchev–Trinajstić information content (AvgIpc) is 2.93. The molecular formula is C29H34N8OS. The number of hydrogen-bond acceptors (Lipinski definition) is 9. The SMILES string of the molecule is CSN1CCN(CC(=N)c2c(N)ncnc2NCc2cc3cccc(C)c3c(=O)n2-c2ccccc2C)CC1. The van der Waals surface area contributed by atoms with Crippen LogP contribution < -0.4 is 16.6 Å². The van der Waals surface area contributed by atoms with Gasteiger partial charge in [-0.15, -0.1) is 0 Å². The first-order valence-corrected chi connectivity index (χ1v) is 14.2. The van der Waals surface area contributed by atoms with E-state index in [1.54, 1.807) is 16.5 Å². The summed E-state index contributed by atoms with van der Waals surface area (Å²) in [4.78, 5) is 24.8. The van der Waals surface area contributed by atoms with Crippen LogP contribution in [0.5, 0.6) is 0 Å². The lowest BCUT2D eigenvalue weighted by Gasteiger charge is -2.33. The first-order chi connectivity index (χ1) is 18.9. The van der Waals surface area contributed by atoms with Crippen molar-refractivity contribution in [3.8, 4) is 5.69 Å². The van der Waals surface area contributed by atoms with Gasteiger partial charge >= 0.3 is 0 Å². The van der Waals surface area contributed by atoms with E-state index in [1.807, 2.05) is 62.4 Å². The van der Waals surface area contributed by atoms with Gasteiger partial charge in [-0.05, 0) is 48.7 Å². The molecule has 1 aliphatic rings. The summed E-state index contributed by atoms with van der Waals surface area (Å²) >= 11 is 1.75. The van der Waals surface area contributed by atoms with Gasteiger partial charge in [-0.3, -0.25) is 14.3 Å². The fourth-order valence-electron chi connectivity index (χ4n) is 5.18. The molecule has 0 bridgehead atoms. The van der Waals surface area contributed by atoms with Crippen molar-refractivity contribution in [1.29, 1.82) is 5.41 Å². The first kappa shape index (κ1) is 26.9. The molecular weight excluding hydrogens is 508 g/mol. The van der Waals surface area contributed by atoms with E-state index in [2.05, 4.69) is 30.7 Å². The molecule has 2 aromatic heterocycles. The van der Waals surface area contributed by atoms with Crippen molar-refractivity contribution in [3.63, 3.8) is 0 Å². The van der Waals surface area contributed by atoms with Crippen molar-refractivity contribution in [3.05, 3.63) is 87.6 Å². The number of nitrogens with one attached hydrogen (secondary N) is 2. The molecule has 3 heterocycles. The summed E-state index contributed by atoms with van der Waals surface area (Å²) in [7, 11) is 0. The van der Waals surface area contributed by atoms with Crippen molar-refractivity contribution in [1.82, 2.24) is 23.7 Å². The summed E-state index contributed by atoms with van der Waals surface area (Å²) < 4.78 is 4.10. The Kier molecular flexibility index (Phi) is 7.97. The molecule has 202 valence electrons. The summed E-state index contributed by atoms with van der Waals surface area (Å²) in [6.07, 6.45) is 3.50. The minimum Gasteiger partial charge on any atom is -0.383 e. The predicted octanol–water partition coefficient (Wildman–Crippen LogP) is 3.86. The lowest BCUT2D eigenvalue weighted by molar-refractivity contribution is 0.219. The van der Waals surface area contributed by atoms with Crippen LogP contribution in [-0.4, -0.2) is 68.4 Å². The second kappa shape index (κ2) is 11.6. The normalized spacial score (nSPS) is 14.5. The predicted molar refractivity (Wildman–Crippen MR) is 161 cm³/mol. The second-order valence-electron chi connectivity index (χ2n) is 9.80. The monoisotopic (exact) mass is 542 g/mol. The number of para-hydroxylation sites is 1. The van der Waals surface area contributed by atoms with Crippen LogP contribution in [0.1, 0.15) is 22.4 Å². The van der Waals surface area contributed by atoms with E-state index in [0.717, 1.165) is 54.1 Å². The summed E-state index contributed by atoms with van der Waals surface area (Å²) in [5.74, 6) is 0.758. The maximum Gasteiger partial charge on any atom is 0.263 e. The van der Waals surface area contributed by atoms with Crippen LogP contribution in [-0.2, 0) is 6.54 Å². The fraction of sp³-hybridized carbons (Fsp3) is 0.310. The van der Waals surface area contributed by atoms with Crippen LogP contribution in [0.3, 0.4) is 0 Å². The topological polar surface area (TPSA) is 116 Å². The molecule has 2 aromatic carbocycles. The molecule has 0 spiro atoms. The van der Waals surface area contributed by atoms with Crippen molar-refractivity contribution in [2.45, 2.75) is 20.4 Å². The molecule has 0 aliphatic carbocycles. The van der Waals surface area contributed by atoms with Crippen LogP contribution in [0.2, 0.25) is 0 Å². The fourth-order valence-corrected chi connectivity index (χ4v) is 5.70. The summed E-state index contributed by atoms with van der Waals surface area (Å²) in [6.45, 7) is 8.44. The highest BCUT2D eigenvalue weighted by atomic mass is 32.2. The van der Waals surface area contributed by atoms with Gasteiger partial charge in [0, 0.05) is 38.4 Å². The standard InChI is InChI=1S/C29H34N8OS/c1-19-7-4-5-10-24(19)37-22(15-21-9-6-8-20(2)25(21)29(37)38)16-32-28-26(27(31)33-18-34-28)23(30)17-35-11-13-36(39-3)14-12-35/h4-10,15,18,30H,11-14,16-17H2,1-3H3,(H3,31,32,33,34). The number of nitrogens with two attached hydrogens (primary N) is 1. The highest BCUT2D eigenvalue weighted by Gasteiger charge is 2.22. The number of hydrogen-bond donors (Lipinski definition) is 3. The third-order valence-electron chi connectivity index (χ3n) is 7.27. The minimum absolute atomic E-state index is 0.0590. The largest absolute Gasteiger partial charge is 0.383 e. The molecule has 10 heteroatoms. The van der Waals surface area contributed by atoms with E-state index in [-0.39, 0.29) is 11.4 Å². The van der Waals surface area contributed by atoms with Crippen LogP contribution in [0, 0.1) is 19.3 Å². The van der Waals surface area contributed by atoms with Gasteiger partial charge in [-0.2, -0.15) is 0 Å². The number of anilines is 2. The number of piperazine rings is 1. The number of pyridine rings is 1. The number of aryl methyl sites for hydroxylation is 2. The maximum atomic E-state index is 13.9. The van der Waals surface area contributed by atoms with Gasteiger partial charge in [0.15, 0.2) is 0 Å². The number of fused-ring (bicyclic) bond motifs is 1. The molecule has 39 heavy (non-hydrogen) atoms. The van der Waals surface area contributed by atoms with Crippen LogP contribution >= 0.6 is 11.9 Å². The van der Waals surface area contributed by atoms with E-state index >= 15 is 0 Å². The Morgan fingerprint density at radius 1 is 1.05 bits per heavy atom. The minimum atomic E-state index is -0.0590. The molecule has 0 saturated carbocycles. The average molecular weight is 543 g/mol. The highest BCUT2D eigenvalue weighted by Crippen LogP contribution is 2.24. The number of aromatic nitrogens is 3. The Morgan fingerprint density at radius 3 is 2.54 bits per heavy atom. The third-order valence-corrected chi connectivity index (χ3v) is 8.16. The summed E-state index contributed by atoms with van der Waals surface area (Å²) in [5.41, 5.74) is 10.7. The quantitative estimate of drug-likeness (QED) is 0.227. The zero-order valence-corrected chi connectivity index (χ0v) is 23.4. The Hall–Kier alpha value is -3.73. The van der Waals surface area contributed by atoms with E-state index < -0.39 is 0 Å². The summed E-state index contributed by atoms with van der Waals surface area (Å²) in [5, 5.41) is 13.9. The van der Waals surface area contributed by atoms with Gasteiger partial charge in [0.1, 0.15) is 18.0 Å². The molecule has 5 rings (SSSR count). The van der Waals surface area contributed by atoms with Gasteiger partial charge in [0.2, 0.25) is 0 Å². The third kappa shape index (κ3) is 5.54. The zero-order chi connectivity index (χ0) is 27.5. The molecule has 4 N–H and O–H groups in total. The molecule has 1 fully saturated rings. The second-order valence-corrected chi connectivity index (χ2v) is 10.7. The van der Waals surface area contributed by atoms with Crippen LogP contribution in [0.4, 0.5) is 11.6 Å². The Bertz CT molecular complexity index is 1580. The molecule has 0 unspecified atom stereocenters. The number of nitrogens with zero attached hydrogens (tertiary/aromatic N) is 5. The number of benzene rings is 2. The summed E-state index contributed by atoms with van der Waals surface area (Å²) in [6, 6.07) is 15.8. The lowest BCUT2D eigenvalue weighted by atomic mass is 10.1. The zero-order valence-electron chi connectivity index (χ0n) is 22.6. The highest BCUT2D eigenvalue weighted by molar-refractivity contribution is 7.96. The van der Waals surface area contributed by atoms with E-state index in [0.29, 0.717) is 35.6 Å². The van der Waals surface area contributed by atoms with Crippen molar-refractivity contribution >= 4 is 40.1 Å². The van der Waals surface area contributed by atoms with E-state index in [1.165, 1.54) is 6.33 Å². The smallest absolute Gasteiger partial charge is 0.263 e. The Morgan fingerprint density at radius 2 is 1.79 bits per heavy atom. The van der Waals surface area contributed by atoms with E-state index in [4.69, 9.17) is 11.1 Å².